The second-order valence-electron chi connectivity index (χ2n) is 8.12. The number of benzene rings is 1. The second-order valence-corrected chi connectivity index (χ2v) is 8.12. The number of H-pyrrole nitrogens is 1. The average molecular weight is 392 g/mol. The smallest absolute Gasteiger partial charge is 0.230 e. The van der Waals surface area contributed by atoms with Crippen LogP contribution in [0.1, 0.15) is 24.0 Å². The maximum atomic E-state index is 12.5. The predicted octanol–water partition coefficient (Wildman–Crippen LogP) is 3.58. The van der Waals surface area contributed by atoms with Gasteiger partial charge in [-0.15, -0.1) is 0 Å². The number of carbonyl (C=O) groups is 1. The van der Waals surface area contributed by atoms with Gasteiger partial charge in [0.15, 0.2) is 0 Å². The van der Waals surface area contributed by atoms with E-state index in [-0.39, 0.29) is 5.91 Å². The summed E-state index contributed by atoms with van der Waals surface area (Å²) in [6.45, 7) is 4.14. The van der Waals surface area contributed by atoms with Crippen LogP contribution in [0.25, 0.3) is 10.9 Å². The Hall–Kier alpha value is -2.86. The molecule has 2 aromatic heterocycles. The van der Waals surface area contributed by atoms with Crippen molar-refractivity contribution in [1.29, 1.82) is 0 Å². The summed E-state index contributed by atoms with van der Waals surface area (Å²) in [7, 11) is 4.30. The molecule has 2 N–H and O–H groups in total. The van der Waals surface area contributed by atoms with E-state index >= 15 is 0 Å². The zero-order valence-electron chi connectivity index (χ0n) is 17.4. The van der Waals surface area contributed by atoms with Gasteiger partial charge in [0.1, 0.15) is 5.82 Å². The van der Waals surface area contributed by atoms with Gasteiger partial charge in [-0.3, -0.25) is 4.79 Å². The van der Waals surface area contributed by atoms with Crippen LogP contribution < -0.4 is 10.2 Å². The van der Waals surface area contributed by atoms with E-state index in [9.17, 15) is 4.79 Å². The van der Waals surface area contributed by atoms with Crippen LogP contribution in [-0.2, 0) is 11.2 Å². The number of anilines is 2. The lowest BCUT2D eigenvalue weighted by Crippen LogP contribution is -2.42. The molecule has 3 aromatic rings. The largest absolute Gasteiger partial charge is 0.370 e. The van der Waals surface area contributed by atoms with Gasteiger partial charge in [-0.05, 0) is 57.1 Å². The van der Waals surface area contributed by atoms with E-state index in [1.165, 1.54) is 5.56 Å². The Morgan fingerprint density at radius 1 is 1.24 bits per heavy atom. The number of hydrogen-bond donors (Lipinski definition) is 2. The molecule has 1 aliphatic rings. The fourth-order valence-electron chi connectivity index (χ4n) is 4.16. The van der Waals surface area contributed by atoms with Crippen molar-refractivity contribution in [1.82, 2.24) is 14.9 Å². The van der Waals surface area contributed by atoms with Crippen molar-refractivity contribution in [3.8, 4) is 0 Å². The van der Waals surface area contributed by atoms with Gasteiger partial charge >= 0.3 is 0 Å². The summed E-state index contributed by atoms with van der Waals surface area (Å²) in [6.07, 6.45) is 6.43. The molecular formula is C23H29N5O. The summed E-state index contributed by atoms with van der Waals surface area (Å²) in [6, 6.07) is 10.7. The lowest BCUT2D eigenvalue weighted by molar-refractivity contribution is -0.115. The molecule has 0 saturated carbocycles. The number of pyridine rings is 1. The van der Waals surface area contributed by atoms with Crippen LogP contribution in [0, 0.1) is 6.92 Å². The van der Waals surface area contributed by atoms with Crippen LogP contribution in [0.15, 0.2) is 42.7 Å². The van der Waals surface area contributed by atoms with Gasteiger partial charge in [0, 0.05) is 36.2 Å². The minimum Gasteiger partial charge on any atom is -0.370 e. The quantitative estimate of drug-likeness (QED) is 0.698. The third-order valence-corrected chi connectivity index (χ3v) is 5.94. The second kappa shape index (κ2) is 8.25. The van der Waals surface area contributed by atoms with Crippen molar-refractivity contribution < 1.29 is 4.79 Å². The molecule has 152 valence electrons. The van der Waals surface area contributed by atoms with Crippen molar-refractivity contribution in [2.24, 2.45) is 0 Å². The lowest BCUT2D eigenvalue weighted by Gasteiger charge is -2.36. The molecule has 0 aliphatic carbocycles. The summed E-state index contributed by atoms with van der Waals surface area (Å²) >= 11 is 0. The topological polar surface area (TPSA) is 64.3 Å². The van der Waals surface area contributed by atoms with Crippen LogP contribution >= 0.6 is 0 Å². The highest BCUT2D eigenvalue weighted by Crippen LogP contribution is 2.23. The number of aromatic amines is 1. The van der Waals surface area contributed by atoms with Gasteiger partial charge in [-0.2, -0.15) is 0 Å². The highest BCUT2D eigenvalue weighted by atomic mass is 16.1. The maximum absolute atomic E-state index is 12.5. The van der Waals surface area contributed by atoms with Gasteiger partial charge in [0.2, 0.25) is 5.91 Å². The monoisotopic (exact) mass is 391 g/mol. The van der Waals surface area contributed by atoms with Gasteiger partial charge < -0.3 is 20.1 Å². The lowest BCUT2D eigenvalue weighted by atomic mass is 10.0. The first-order chi connectivity index (χ1) is 14.0. The van der Waals surface area contributed by atoms with Gasteiger partial charge in [-0.25, -0.2) is 4.98 Å². The van der Waals surface area contributed by atoms with E-state index < -0.39 is 0 Å². The van der Waals surface area contributed by atoms with Crippen LogP contribution in [0.2, 0.25) is 0 Å². The van der Waals surface area contributed by atoms with Crippen LogP contribution in [0.4, 0.5) is 11.5 Å². The molecule has 29 heavy (non-hydrogen) atoms. The van der Waals surface area contributed by atoms with E-state index in [0.29, 0.717) is 18.3 Å². The molecule has 4 rings (SSSR count). The van der Waals surface area contributed by atoms with Gasteiger partial charge in [-0.1, -0.05) is 18.2 Å². The standard InChI is InChI=1S/C23H29N5O/c1-16-5-4-6-20-17(14-25-23(16)20)13-22(29)26-21-8-7-19(15-24-21)28-11-9-18(10-12-28)27(2)3/h4-8,14-15,18,25H,9-13H2,1-3H3,(H,24,26,29). The van der Waals surface area contributed by atoms with E-state index in [2.05, 4.69) is 52.2 Å². The number of rotatable bonds is 5. The third kappa shape index (κ3) is 4.27. The molecule has 1 aromatic carbocycles. The summed E-state index contributed by atoms with van der Waals surface area (Å²) in [4.78, 5) is 24.9. The predicted molar refractivity (Wildman–Crippen MR) is 119 cm³/mol. The van der Waals surface area contributed by atoms with Crippen molar-refractivity contribution in [2.45, 2.75) is 32.2 Å². The Balaban J connectivity index is 1.36. The van der Waals surface area contributed by atoms with Gasteiger partial charge in [0.05, 0.1) is 18.3 Å². The Labute approximate surface area is 171 Å². The summed E-state index contributed by atoms with van der Waals surface area (Å²) < 4.78 is 0. The van der Waals surface area contributed by atoms with E-state index in [0.717, 1.165) is 48.1 Å². The van der Waals surface area contributed by atoms with Crippen molar-refractivity contribution in [2.75, 3.05) is 37.4 Å². The molecule has 0 unspecified atom stereocenters. The minimum absolute atomic E-state index is 0.0561. The molecule has 6 heteroatoms. The first-order valence-corrected chi connectivity index (χ1v) is 10.2. The molecule has 1 amide bonds. The molecule has 6 nitrogen and oxygen atoms in total. The number of piperidine rings is 1. The first-order valence-electron chi connectivity index (χ1n) is 10.2. The number of para-hydroxylation sites is 1. The Kier molecular flexibility index (Phi) is 5.53. The van der Waals surface area contributed by atoms with E-state index in [1.807, 2.05) is 36.7 Å². The zero-order chi connectivity index (χ0) is 20.4. The Bertz CT molecular complexity index is 984. The highest BCUT2D eigenvalue weighted by molar-refractivity contribution is 5.95. The SMILES string of the molecule is Cc1cccc2c(CC(=O)Nc3ccc(N4CCC(N(C)C)CC4)cn3)c[nH]c12. The van der Waals surface area contributed by atoms with Crippen LogP contribution in [0.3, 0.4) is 0 Å². The maximum Gasteiger partial charge on any atom is 0.230 e. The number of nitrogens with zero attached hydrogens (tertiary/aromatic N) is 3. The molecule has 1 fully saturated rings. The van der Waals surface area contributed by atoms with Crippen molar-refractivity contribution >= 4 is 28.3 Å². The summed E-state index contributed by atoms with van der Waals surface area (Å²) in [5.74, 6) is 0.539. The van der Waals surface area contributed by atoms with Crippen LogP contribution in [0.5, 0.6) is 0 Å². The fraction of sp³-hybridized carbons (Fsp3) is 0.391. The number of nitrogens with one attached hydrogen (secondary N) is 2. The average Bonchev–Trinajstić information content (AvgIpc) is 3.13. The van der Waals surface area contributed by atoms with Crippen molar-refractivity contribution in [3.05, 3.63) is 53.9 Å². The van der Waals surface area contributed by atoms with E-state index in [4.69, 9.17) is 0 Å². The minimum atomic E-state index is -0.0561. The summed E-state index contributed by atoms with van der Waals surface area (Å²) in [5.41, 5.74) is 4.39. The molecule has 1 saturated heterocycles. The summed E-state index contributed by atoms with van der Waals surface area (Å²) in [5, 5.41) is 4.02. The normalized spacial score (nSPS) is 15.2. The molecule has 3 heterocycles. The molecular weight excluding hydrogens is 362 g/mol. The molecule has 0 bridgehead atoms. The molecule has 0 spiro atoms. The van der Waals surface area contributed by atoms with Crippen LogP contribution in [-0.4, -0.2) is 54.0 Å². The number of fused-ring (bicyclic) bond motifs is 1. The van der Waals surface area contributed by atoms with E-state index in [1.54, 1.807) is 0 Å². The zero-order valence-corrected chi connectivity index (χ0v) is 17.4. The molecule has 0 atom stereocenters. The van der Waals surface area contributed by atoms with Gasteiger partial charge in [0.25, 0.3) is 0 Å². The third-order valence-electron chi connectivity index (χ3n) is 5.94. The number of amides is 1. The Morgan fingerprint density at radius 2 is 2.03 bits per heavy atom. The molecule has 1 aliphatic heterocycles. The molecule has 0 radical (unpaired) electrons. The highest BCUT2D eigenvalue weighted by Gasteiger charge is 2.21. The van der Waals surface area contributed by atoms with Crippen molar-refractivity contribution in [3.63, 3.8) is 0 Å². The number of carbonyl (C=O) groups excluding carboxylic acids is 1. The first kappa shape index (κ1) is 19.5. The number of hydrogen-bond acceptors (Lipinski definition) is 4. The number of aromatic nitrogens is 2. The Morgan fingerprint density at radius 3 is 2.72 bits per heavy atom. The number of aryl methyl sites for hydroxylation is 1. The fourth-order valence-corrected chi connectivity index (χ4v) is 4.16.